The van der Waals surface area contributed by atoms with E-state index in [2.05, 4.69) is 167 Å². The first-order valence-corrected chi connectivity index (χ1v) is 20.6. The Hall–Kier alpha value is -7.08. The second-order valence-corrected chi connectivity index (χ2v) is 16.9. The minimum Gasteiger partial charge on any atom is -0.308 e. The Morgan fingerprint density at radius 2 is 1.02 bits per heavy atom. The number of benzene rings is 6. The number of hydrogen-bond donors (Lipinski definition) is 0. The van der Waals surface area contributed by atoms with Gasteiger partial charge in [0.25, 0.3) is 0 Å². The summed E-state index contributed by atoms with van der Waals surface area (Å²) in [4.78, 5) is 17.5. The summed E-state index contributed by atoms with van der Waals surface area (Å²) in [5.41, 5.74) is 19.6. The number of aromatic nitrogens is 4. The van der Waals surface area contributed by atoms with Gasteiger partial charge < -0.3 is 4.57 Å². The second-order valence-electron chi connectivity index (χ2n) is 15.9. The summed E-state index contributed by atoms with van der Waals surface area (Å²) in [6, 6.07) is 58.9. The fraction of sp³-hybridized carbons (Fsp3) is 0.0377. The van der Waals surface area contributed by atoms with Gasteiger partial charge in [-0.3, -0.25) is 15.0 Å². The molecule has 0 saturated heterocycles. The molecule has 14 rings (SSSR count). The lowest BCUT2D eigenvalue weighted by atomic mass is 9.66. The van der Waals surface area contributed by atoms with E-state index in [1.807, 2.05) is 36.5 Å². The van der Waals surface area contributed by atoms with Crippen LogP contribution >= 0.6 is 11.8 Å². The summed E-state index contributed by atoms with van der Waals surface area (Å²) in [5.74, 6) is 0. The van der Waals surface area contributed by atoms with Crippen molar-refractivity contribution >= 4 is 33.6 Å². The van der Waals surface area contributed by atoms with Gasteiger partial charge >= 0.3 is 0 Å². The first kappa shape index (κ1) is 31.1. The molecule has 0 fully saturated rings. The highest BCUT2D eigenvalue weighted by Gasteiger charge is 2.56. The zero-order valence-corrected chi connectivity index (χ0v) is 31.8. The third-order valence-corrected chi connectivity index (χ3v) is 14.6. The Kier molecular flexibility index (Phi) is 5.81. The van der Waals surface area contributed by atoms with Crippen LogP contribution in [0.5, 0.6) is 0 Å². The van der Waals surface area contributed by atoms with Crippen molar-refractivity contribution in [1.29, 1.82) is 0 Å². The summed E-state index contributed by atoms with van der Waals surface area (Å²) in [6.45, 7) is 0. The highest BCUT2D eigenvalue weighted by atomic mass is 32.2. The van der Waals surface area contributed by atoms with Crippen LogP contribution < -0.4 is 0 Å². The Labute approximate surface area is 338 Å². The number of rotatable bonds is 1. The lowest BCUT2D eigenvalue weighted by Gasteiger charge is -2.40. The van der Waals surface area contributed by atoms with E-state index in [1.165, 1.54) is 76.4 Å². The van der Waals surface area contributed by atoms with Gasteiger partial charge in [0.1, 0.15) is 0 Å². The molecule has 4 aromatic heterocycles. The number of nitrogens with zero attached hydrogens (tertiary/aromatic N) is 4. The second kappa shape index (κ2) is 10.9. The number of para-hydroxylation sites is 1. The molecule has 5 heteroatoms. The van der Waals surface area contributed by atoms with Gasteiger partial charge in [0.2, 0.25) is 0 Å². The molecule has 58 heavy (non-hydrogen) atoms. The van der Waals surface area contributed by atoms with Gasteiger partial charge in [0.15, 0.2) is 0 Å². The van der Waals surface area contributed by atoms with Crippen molar-refractivity contribution in [2.75, 3.05) is 0 Å². The van der Waals surface area contributed by atoms with Gasteiger partial charge in [0, 0.05) is 44.7 Å². The van der Waals surface area contributed by atoms with Crippen molar-refractivity contribution in [2.45, 2.75) is 20.6 Å². The highest BCUT2D eigenvalue weighted by Crippen LogP contribution is 2.67. The number of fused-ring (bicyclic) bond motifs is 22. The molecule has 0 radical (unpaired) electrons. The van der Waals surface area contributed by atoms with Crippen LogP contribution in [0.2, 0.25) is 0 Å². The quantitative estimate of drug-likeness (QED) is 0.167. The van der Waals surface area contributed by atoms with Crippen LogP contribution in [0.4, 0.5) is 0 Å². The fourth-order valence-corrected chi connectivity index (χ4v) is 12.6. The van der Waals surface area contributed by atoms with E-state index in [1.54, 1.807) is 0 Å². The largest absolute Gasteiger partial charge is 0.308 e. The Balaban J connectivity index is 1.11. The third-order valence-electron chi connectivity index (χ3n) is 13.5. The van der Waals surface area contributed by atoms with Gasteiger partial charge in [-0.2, -0.15) is 0 Å². The van der Waals surface area contributed by atoms with E-state index < -0.39 is 10.8 Å². The van der Waals surface area contributed by atoms with E-state index in [9.17, 15) is 0 Å². The molecule has 5 heterocycles. The third kappa shape index (κ3) is 3.51. The van der Waals surface area contributed by atoms with E-state index in [-0.39, 0.29) is 0 Å². The first-order valence-electron chi connectivity index (χ1n) is 19.8. The topological polar surface area (TPSA) is 43.6 Å². The molecule has 0 saturated carbocycles. The van der Waals surface area contributed by atoms with Gasteiger partial charge in [-0.25, -0.2) is 0 Å². The molecule has 0 N–H and O–H groups in total. The molecule has 10 aromatic rings. The van der Waals surface area contributed by atoms with Gasteiger partial charge in [-0.1, -0.05) is 127 Å². The maximum atomic E-state index is 5.38. The van der Waals surface area contributed by atoms with Crippen molar-refractivity contribution in [3.8, 4) is 39.3 Å². The zero-order chi connectivity index (χ0) is 37.7. The predicted octanol–water partition coefficient (Wildman–Crippen LogP) is 12.1. The molecule has 1 atom stereocenters. The fourth-order valence-electron chi connectivity index (χ4n) is 11.4. The minimum atomic E-state index is -0.662. The van der Waals surface area contributed by atoms with Crippen molar-refractivity contribution in [3.63, 3.8) is 0 Å². The molecule has 0 amide bonds. The van der Waals surface area contributed by atoms with E-state index in [0.717, 1.165) is 39.1 Å². The van der Waals surface area contributed by atoms with Gasteiger partial charge in [-0.05, 0) is 104 Å². The van der Waals surface area contributed by atoms with Crippen molar-refractivity contribution in [1.82, 2.24) is 19.5 Å². The molecule has 6 aromatic carbocycles. The lowest BCUT2D eigenvalue weighted by Crippen LogP contribution is -2.33. The Morgan fingerprint density at radius 1 is 0.397 bits per heavy atom. The molecule has 1 aliphatic heterocycles. The molecule has 0 bridgehead atoms. The first-order chi connectivity index (χ1) is 28.8. The van der Waals surface area contributed by atoms with Gasteiger partial charge in [0.05, 0.1) is 45.1 Å². The smallest absolute Gasteiger partial charge is 0.0939 e. The SMILES string of the molecule is c1ccc2c(c1)Sc1cc3c(cc1C21c2cccnc2-c2ncc(-n4c5ccccc5c5cnccc54)cc21)-c1ccccc1C31c2ccccc2-c2ccccc21. The van der Waals surface area contributed by atoms with E-state index >= 15 is 0 Å². The summed E-state index contributed by atoms with van der Waals surface area (Å²) in [6.07, 6.45) is 7.81. The van der Waals surface area contributed by atoms with Crippen LogP contribution in [0, 0.1) is 0 Å². The minimum absolute atomic E-state index is 0.425. The van der Waals surface area contributed by atoms with Crippen LogP contribution in [0.15, 0.2) is 192 Å². The Morgan fingerprint density at radius 3 is 1.81 bits per heavy atom. The monoisotopic (exact) mass is 754 g/mol. The van der Waals surface area contributed by atoms with Crippen molar-refractivity contribution in [3.05, 3.63) is 227 Å². The van der Waals surface area contributed by atoms with Gasteiger partial charge in [-0.15, -0.1) is 0 Å². The summed E-state index contributed by atoms with van der Waals surface area (Å²) in [5, 5.41) is 2.30. The van der Waals surface area contributed by atoms with Crippen LogP contribution in [0.3, 0.4) is 0 Å². The summed E-state index contributed by atoms with van der Waals surface area (Å²) in [7, 11) is 0. The standard InChI is InChI=1S/C53H30N4S/c1-5-16-38-32(12-1)33-13-2-6-17-39(33)52(38)40-18-7-3-14-34(40)36-27-44-49(28-43(36)52)58-48-22-10-8-19-41(48)53(44)42-20-11-24-55-50(42)51-45(53)26-31(29-56-51)57-46-21-9-4-15-35(46)37-30-54-25-23-47(37)57/h1-30H. The maximum absolute atomic E-state index is 5.38. The van der Waals surface area contributed by atoms with E-state index in [4.69, 9.17) is 9.97 Å². The average Bonchev–Trinajstić information content (AvgIpc) is 3.97. The number of pyridine rings is 3. The molecule has 3 aliphatic carbocycles. The predicted molar refractivity (Wildman–Crippen MR) is 232 cm³/mol. The molecular formula is C53H30N4S. The van der Waals surface area contributed by atoms with E-state index in [0.29, 0.717) is 0 Å². The highest BCUT2D eigenvalue weighted by molar-refractivity contribution is 7.99. The van der Waals surface area contributed by atoms with Crippen molar-refractivity contribution in [2.24, 2.45) is 0 Å². The summed E-state index contributed by atoms with van der Waals surface area (Å²) >= 11 is 1.89. The van der Waals surface area contributed by atoms with Crippen molar-refractivity contribution < 1.29 is 0 Å². The molecule has 4 nitrogen and oxygen atoms in total. The molecule has 2 spiro atoms. The zero-order valence-electron chi connectivity index (χ0n) is 31.0. The lowest BCUT2D eigenvalue weighted by molar-refractivity contribution is 0.714. The maximum Gasteiger partial charge on any atom is 0.0939 e. The van der Waals surface area contributed by atoms with Crippen LogP contribution in [0.25, 0.3) is 61.1 Å². The molecule has 1 unspecified atom stereocenters. The molecular weight excluding hydrogens is 725 g/mol. The van der Waals surface area contributed by atoms with Crippen LogP contribution in [-0.2, 0) is 10.8 Å². The molecule has 4 aliphatic rings. The van der Waals surface area contributed by atoms with Crippen LogP contribution in [0.1, 0.15) is 44.5 Å². The normalized spacial score (nSPS) is 16.8. The summed E-state index contributed by atoms with van der Waals surface area (Å²) < 4.78 is 2.35. The number of hydrogen-bond acceptors (Lipinski definition) is 4. The average molecular weight is 755 g/mol. The Bertz CT molecular complexity index is 3370. The van der Waals surface area contributed by atoms with Crippen LogP contribution in [-0.4, -0.2) is 19.5 Å². The molecule has 268 valence electrons.